The molecule has 116 valence electrons. The summed E-state index contributed by atoms with van der Waals surface area (Å²) in [5.74, 6) is 0.555. The number of rotatable bonds is 6. The van der Waals surface area contributed by atoms with Crippen molar-refractivity contribution in [2.24, 2.45) is 0 Å². The van der Waals surface area contributed by atoms with Gasteiger partial charge in [-0.15, -0.1) is 10.2 Å². The van der Waals surface area contributed by atoms with Crippen molar-refractivity contribution in [1.82, 2.24) is 20.5 Å². The molecule has 0 atom stereocenters. The van der Waals surface area contributed by atoms with Gasteiger partial charge in [-0.05, 0) is 24.1 Å². The van der Waals surface area contributed by atoms with E-state index in [1.54, 1.807) is 24.5 Å². The SMILES string of the molecule is O=C(Cc1nnc(-c2ccncc2)o1)NCCc1ccccc1. The van der Waals surface area contributed by atoms with Crippen molar-refractivity contribution in [2.75, 3.05) is 6.54 Å². The minimum absolute atomic E-state index is 0.0763. The second-order valence-corrected chi connectivity index (χ2v) is 5.00. The van der Waals surface area contributed by atoms with Crippen LogP contribution in [0.1, 0.15) is 11.5 Å². The van der Waals surface area contributed by atoms with Crippen LogP contribution in [0.3, 0.4) is 0 Å². The van der Waals surface area contributed by atoms with Crippen molar-refractivity contribution in [3.63, 3.8) is 0 Å². The molecule has 1 N–H and O–H groups in total. The van der Waals surface area contributed by atoms with E-state index in [1.165, 1.54) is 5.56 Å². The summed E-state index contributed by atoms with van der Waals surface area (Å²) >= 11 is 0. The molecule has 0 fully saturated rings. The first-order valence-corrected chi connectivity index (χ1v) is 7.34. The number of nitrogens with zero attached hydrogens (tertiary/aromatic N) is 3. The maximum Gasteiger partial charge on any atom is 0.247 e. The molecule has 1 amide bonds. The van der Waals surface area contributed by atoms with Crippen molar-refractivity contribution in [3.8, 4) is 11.5 Å². The Morgan fingerprint density at radius 3 is 2.61 bits per heavy atom. The maximum absolute atomic E-state index is 11.9. The molecule has 2 heterocycles. The van der Waals surface area contributed by atoms with Gasteiger partial charge in [0.15, 0.2) is 0 Å². The monoisotopic (exact) mass is 308 g/mol. The van der Waals surface area contributed by atoms with Crippen LogP contribution in [0.25, 0.3) is 11.5 Å². The topological polar surface area (TPSA) is 80.9 Å². The van der Waals surface area contributed by atoms with Gasteiger partial charge in [0.2, 0.25) is 17.7 Å². The molecule has 0 saturated carbocycles. The van der Waals surface area contributed by atoms with Gasteiger partial charge in [0, 0.05) is 24.5 Å². The van der Waals surface area contributed by atoms with Crippen LogP contribution in [0.2, 0.25) is 0 Å². The molecule has 0 saturated heterocycles. The number of nitrogens with one attached hydrogen (secondary N) is 1. The molecule has 3 aromatic rings. The Hall–Kier alpha value is -3.02. The Balaban J connectivity index is 1.49. The molecule has 0 aliphatic carbocycles. The number of carbonyl (C=O) groups excluding carboxylic acids is 1. The van der Waals surface area contributed by atoms with Gasteiger partial charge in [-0.3, -0.25) is 9.78 Å². The van der Waals surface area contributed by atoms with Gasteiger partial charge in [0.25, 0.3) is 0 Å². The summed E-state index contributed by atoms with van der Waals surface area (Å²) < 4.78 is 5.49. The van der Waals surface area contributed by atoms with E-state index < -0.39 is 0 Å². The van der Waals surface area contributed by atoms with E-state index >= 15 is 0 Å². The predicted octanol–water partition coefficient (Wildman–Crippen LogP) is 2.03. The highest BCUT2D eigenvalue weighted by Gasteiger charge is 2.12. The van der Waals surface area contributed by atoms with E-state index in [2.05, 4.69) is 20.5 Å². The van der Waals surface area contributed by atoms with Crippen molar-refractivity contribution in [2.45, 2.75) is 12.8 Å². The van der Waals surface area contributed by atoms with E-state index in [9.17, 15) is 4.79 Å². The van der Waals surface area contributed by atoms with Crippen LogP contribution in [0.15, 0.2) is 59.3 Å². The van der Waals surface area contributed by atoms with E-state index in [0.29, 0.717) is 18.3 Å². The fourth-order valence-electron chi connectivity index (χ4n) is 2.13. The van der Waals surface area contributed by atoms with Crippen LogP contribution in [-0.4, -0.2) is 27.6 Å². The average molecular weight is 308 g/mol. The van der Waals surface area contributed by atoms with Crippen LogP contribution in [0.4, 0.5) is 0 Å². The van der Waals surface area contributed by atoms with Crippen molar-refractivity contribution in [1.29, 1.82) is 0 Å². The fourth-order valence-corrected chi connectivity index (χ4v) is 2.13. The van der Waals surface area contributed by atoms with Gasteiger partial charge in [-0.2, -0.15) is 0 Å². The standard InChI is InChI=1S/C17H16N4O2/c22-15(19-11-6-13-4-2-1-3-5-13)12-16-20-21-17(23-16)14-7-9-18-10-8-14/h1-5,7-10H,6,11-12H2,(H,19,22). The molecule has 0 aliphatic heterocycles. The lowest BCUT2D eigenvalue weighted by Gasteiger charge is -2.03. The zero-order chi connectivity index (χ0) is 15.9. The smallest absolute Gasteiger partial charge is 0.247 e. The van der Waals surface area contributed by atoms with Gasteiger partial charge < -0.3 is 9.73 Å². The lowest BCUT2D eigenvalue weighted by atomic mass is 10.1. The molecule has 0 aliphatic rings. The summed E-state index contributed by atoms with van der Waals surface area (Å²) in [4.78, 5) is 15.8. The van der Waals surface area contributed by atoms with Gasteiger partial charge in [-0.25, -0.2) is 0 Å². The summed E-state index contributed by atoms with van der Waals surface area (Å²) in [5, 5.41) is 10.7. The van der Waals surface area contributed by atoms with Crippen LogP contribution in [0, 0.1) is 0 Å². The van der Waals surface area contributed by atoms with Gasteiger partial charge >= 0.3 is 0 Å². The van der Waals surface area contributed by atoms with Crippen molar-refractivity contribution in [3.05, 3.63) is 66.3 Å². The Bertz CT molecular complexity index is 757. The Morgan fingerprint density at radius 1 is 1.04 bits per heavy atom. The third-order valence-electron chi connectivity index (χ3n) is 3.28. The van der Waals surface area contributed by atoms with Gasteiger partial charge in [0.05, 0.1) is 0 Å². The third kappa shape index (κ3) is 4.23. The summed E-state index contributed by atoms with van der Waals surface area (Å²) in [6, 6.07) is 13.6. The number of hydrogen-bond acceptors (Lipinski definition) is 5. The van der Waals surface area contributed by atoms with E-state index in [1.807, 2.05) is 30.3 Å². The van der Waals surface area contributed by atoms with Gasteiger partial charge in [-0.1, -0.05) is 30.3 Å². The van der Waals surface area contributed by atoms with E-state index in [0.717, 1.165) is 12.0 Å². The number of benzene rings is 1. The summed E-state index contributed by atoms with van der Waals surface area (Å²) in [7, 11) is 0. The van der Waals surface area contributed by atoms with E-state index in [-0.39, 0.29) is 12.3 Å². The van der Waals surface area contributed by atoms with Crippen molar-refractivity contribution < 1.29 is 9.21 Å². The highest BCUT2D eigenvalue weighted by molar-refractivity contribution is 5.77. The Kier molecular flexibility index (Phi) is 4.73. The molecule has 0 spiro atoms. The lowest BCUT2D eigenvalue weighted by Crippen LogP contribution is -2.27. The number of hydrogen-bond donors (Lipinski definition) is 1. The third-order valence-corrected chi connectivity index (χ3v) is 3.28. The van der Waals surface area contributed by atoms with Crippen LogP contribution < -0.4 is 5.32 Å². The van der Waals surface area contributed by atoms with Crippen molar-refractivity contribution >= 4 is 5.91 Å². The molecular formula is C17H16N4O2. The summed E-state index contributed by atoms with van der Waals surface area (Å²) in [6.45, 7) is 0.578. The number of carbonyl (C=O) groups is 1. The lowest BCUT2D eigenvalue weighted by molar-refractivity contribution is -0.120. The minimum atomic E-state index is -0.133. The second kappa shape index (κ2) is 7.31. The highest BCUT2D eigenvalue weighted by Crippen LogP contribution is 2.16. The van der Waals surface area contributed by atoms with Crippen LogP contribution in [-0.2, 0) is 17.6 Å². The Labute approximate surface area is 133 Å². The summed E-state index contributed by atoms with van der Waals surface area (Å²) in [5.41, 5.74) is 1.97. The molecule has 6 nitrogen and oxygen atoms in total. The minimum Gasteiger partial charge on any atom is -0.420 e. The number of amides is 1. The first-order chi connectivity index (χ1) is 11.3. The van der Waals surface area contributed by atoms with E-state index in [4.69, 9.17) is 4.42 Å². The van der Waals surface area contributed by atoms with Crippen LogP contribution in [0.5, 0.6) is 0 Å². The normalized spacial score (nSPS) is 10.4. The zero-order valence-corrected chi connectivity index (χ0v) is 12.5. The molecule has 6 heteroatoms. The molecule has 0 bridgehead atoms. The number of aromatic nitrogens is 3. The predicted molar refractivity (Wildman–Crippen MR) is 84.4 cm³/mol. The Morgan fingerprint density at radius 2 is 1.83 bits per heavy atom. The average Bonchev–Trinajstić information content (AvgIpc) is 3.05. The molecule has 1 aromatic carbocycles. The molecule has 23 heavy (non-hydrogen) atoms. The summed E-state index contributed by atoms with van der Waals surface area (Å²) in [6.07, 6.45) is 4.16. The first kappa shape index (κ1) is 14.9. The van der Waals surface area contributed by atoms with Gasteiger partial charge in [0.1, 0.15) is 6.42 Å². The fraction of sp³-hybridized carbons (Fsp3) is 0.176. The second-order valence-electron chi connectivity index (χ2n) is 5.00. The zero-order valence-electron chi connectivity index (χ0n) is 12.5. The maximum atomic E-state index is 11.9. The highest BCUT2D eigenvalue weighted by atomic mass is 16.4. The number of pyridine rings is 1. The molecule has 3 rings (SSSR count). The first-order valence-electron chi connectivity index (χ1n) is 7.34. The molecule has 2 aromatic heterocycles. The molecule has 0 radical (unpaired) electrons. The van der Waals surface area contributed by atoms with Crippen LogP contribution >= 0.6 is 0 Å². The molecular weight excluding hydrogens is 292 g/mol. The molecule has 0 unspecified atom stereocenters. The quantitative estimate of drug-likeness (QED) is 0.753. The largest absolute Gasteiger partial charge is 0.420 e.